The third kappa shape index (κ3) is 13.6. The fraction of sp³-hybridized carbons (Fsp3) is 0.255. The van der Waals surface area contributed by atoms with E-state index in [1.807, 2.05) is 205 Å². The standard InChI is InChI=1S/2C23H23N3O.2C22H22N4O.C20H18N4O/c2*1-14(2)25-16(4)26(19-9-7-13-24-23(19)25)21-15(3)11-12-18-17-8-5-6-10-20(17)27-22(18)21;2*1-13(2)25-15(4)26(22-21(25)23-11-12-24-22)19-14(3)9-10-17-16-7-5-6-8-18(16)27-20(17)19;1-12-8-9-15-14-6-4-5-7-16(14)25-18(15)17(12)24-13(2)23(3)19-20(24)22-11-10-21-19/h2*5-14,16H,1-4H3;2*5-13,15H,1-4H3;4-11,13H,1-3H3/t2*16-;2*15-;13-/m00000/s1/i2*14D;2*13D;3D3. The van der Waals surface area contributed by atoms with E-state index in [1.54, 1.807) is 43.4 Å². The van der Waals surface area contributed by atoms with Crippen LogP contribution in [-0.2, 0) is 0 Å². The van der Waals surface area contributed by atoms with Crippen LogP contribution in [0.5, 0.6) is 0 Å². The highest BCUT2D eigenvalue weighted by molar-refractivity contribution is 6.16. The van der Waals surface area contributed by atoms with E-state index < -0.39 is 37.2 Å². The average molecular weight is 1770 g/mol. The van der Waals surface area contributed by atoms with Gasteiger partial charge in [0, 0.05) is 139 Å². The molecule has 0 amide bonds. The van der Waals surface area contributed by atoms with Crippen molar-refractivity contribution in [2.45, 2.75) is 180 Å². The van der Waals surface area contributed by atoms with Crippen LogP contribution >= 0.6 is 0 Å². The summed E-state index contributed by atoms with van der Waals surface area (Å²) in [6.07, 6.45) is 12.6. The predicted octanol–water partition coefficient (Wildman–Crippen LogP) is 27.4. The Morgan fingerprint density at radius 1 is 0.241 bits per heavy atom. The third-order valence-electron chi connectivity index (χ3n) is 26.3. The fourth-order valence-corrected chi connectivity index (χ4v) is 20.6. The monoisotopic (exact) mass is 1770 g/mol. The van der Waals surface area contributed by atoms with E-state index in [9.17, 15) is 0 Å². The highest BCUT2D eigenvalue weighted by Gasteiger charge is 2.45. The number of pyridine rings is 2. The number of aromatic nitrogens is 8. The second-order valence-electron chi connectivity index (χ2n) is 35.5. The van der Waals surface area contributed by atoms with E-state index in [4.69, 9.17) is 31.7 Å². The number of hydrogen-bond acceptors (Lipinski definition) is 23. The van der Waals surface area contributed by atoms with E-state index >= 15 is 0 Å². The van der Waals surface area contributed by atoms with Crippen molar-refractivity contribution in [3.8, 4) is 0 Å². The summed E-state index contributed by atoms with van der Waals surface area (Å²) in [5.74, 6) is 5.50. The molecule has 15 heterocycles. The van der Waals surface area contributed by atoms with Crippen molar-refractivity contribution in [2.24, 2.45) is 0 Å². The molecule has 668 valence electrons. The van der Waals surface area contributed by atoms with Gasteiger partial charge in [0.15, 0.2) is 74.5 Å². The van der Waals surface area contributed by atoms with Gasteiger partial charge in [0.25, 0.3) is 0 Å². The lowest BCUT2D eigenvalue weighted by atomic mass is 10.1. The maximum Gasteiger partial charge on any atom is 0.178 e. The topological polar surface area (TPSA) is 201 Å². The Bertz CT molecular complexity index is 7170. The van der Waals surface area contributed by atoms with Gasteiger partial charge in [-0.25, -0.2) is 39.9 Å². The first-order valence-electron chi connectivity index (χ1n) is 48.7. The number of rotatable bonds is 9. The van der Waals surface area contributed by atoms with Crippen molar-refractivity contribution >= 4 is 196 Å². The van der Waals surface area contributed by atoms with Crippen LogP contribution in [-0.4, -0.2) is 102 Å². The zero-order chi connectivity index (χ0) is 98.1. The molecule has 23 heteroatoms. The molecule has 0 spiro atoms. The van der Waals surface area contributed by atoms with E-state index in [0.717, 1.165) is 212 Å². The summed E-state index contributed by atoms with van der Waals surface area (Å²) in [5, 5.41) is 10.8. The maximum atomic E-state index is 8.68. The highest BCUT2D eigenvalue weighted by atomic mass is 16.3. The van der Waals surface area contributed by atoms with Gasteiger partial charge >= 0.3 is 0 Å². The third-order valence-corrected chi connectivity index (χ3v) is 26.3. The SMILES string of the molecule is [2H]C(C)(C)N1c2ncccc2N(c2c(C)ccc3c2oc2ccccc23)[C@H]1C.[2H]C(C)(C)N1c2ncccc2N(c2c(C)ccc3c2oc2ccccc23)[C@H]1C.[2H]C(C)(C)N1c2nccnc2N(c2c(C)ccc3c2oc2ccccc23)[C@H]1C.[2H]C(C)(C)N1c2nccnc2N(c2c(C)ccc3c2oc2ccccc23)[C@H]1C.[2H]C([2H])([2H])N1c2nccnc2N(c2c(C)ccc3c2oc2ccccc23)[C@H]1C. The molecule has 0 saturated heterocycles. The van der Waals surface area contributed by atoms with Gasteiger partial charge in [-0.05, 0) is 207 Å². The second kappa shape index (κ2) is 33.3. The fourth-order valence-electron chi connectivity index (χ4n) is 20.6. The van der Waals surface area contributed by atoms with E-state index in [1.165, 1.54) is 11.1 Å². The molecule has 0 fully saturated rings. The lowest BCUT2D eigenvalue weighted by Gasteiger charge is -2.33. The van der Waals surface area contributed by atoms with Crippen molar-refractivity contribution in [2.75, 3.05) is 56.0 Å². The van der Waals surface area contributed by atoms with Gasteiger partial charge in [-0.2, -0.15) is 0 Å². The predicted molar refractivity (Wildman–Crippen MR) is 544 cm³/mol. The molecule has 25 rings (SSSR count). The summed E-state index contributed by atoms with van der Waals surface area (Å²) in [6.45, 7) is 33.4. The first-order chi connectivity index (χ1) is 66.9. The van der Waals surface area contributed by atoms with Gasteiger partial charge in [-0.1, -0.05) is 152 Å². The largest absolute Gasteiger partial charge is 0.454 e. The first kappa shape index (κ1) is 76.6. The molecule has 0 bridgehead atoms. The van der Waals surface area contributed by atoms with E-state index in [0.29, 0.717) is 11.6 Å². The van der Waals surface area contributed by atoms with Crippen LogP contribution in [0.25, 0.3) is 110 Å². The molecule has 0 saturated carbocycles. The Hall–Kier alpha value is -15.3. The molecule has 5 atom stereocenters. The molecular formula is C110H108N18O5. The molecule has 5 aliphatic rings. The number of fused-ring (bicyclic) bond motifs is 20. The maximum absolute atomic E-state index is 8.68. The van der Waals surface area contributed by atoms with Gasteiger partial charge in [0.1, 0.15) is 58.7 Å². The van der Waals surface area contributed by atoms with Crippen molar-refractivity contribution in [3.05, 3.63) is 284 Å². The Kier molecular flexibility index (Phi) is 19.2. The molecule has 5 aliphatic heterocycles. The lowest BCUT2D eigenvalue weighted by Crippen LogP contribution is -2.42. The van der Waals surface area contributed by atoms with Crippen LogP contribution < -0.4 is 49.0 Å². The minimum atomic E-state index is -2.34. The minimum Gasteiger partial charge on any atom is -0.454 e. The quantitative estimate of drug-likeness (QED) is 0.132. The first-order valence-corrected chi connectivity index (χ1v) is 45.2. The molecule has 133 heavy (non-hydrogen) atoms. The van der Waals surface area contributed by atoms with Crippen molar-refractivity contribution in [3.63, 3.8) is 0 Å². The molecule has 23 nitrogen and oxygen atoms in total. The van der Waals surface area contributed by atoms with Gasteiger partial charge in [0.2, 0.25) is 0 Å². The number of nitrogens with zero attached hydrogens (tertiary/aromatic N) is 18. The number of hydrogen-bond donors (Lipinski definition) is 0. The molecule has 10 aromatic carbocycles. The Labute approximate surface area is 782 Å². The Balaban J connectivity index is 0.000000104. The van der Waals surface area contributed by atoms with Gasteiger partial charge < -0.3 is 56.4 Å². The summed E-state index contributed by atoms with van der Waals surface area (Å²) in [6, 6.07) is 66.3. The van der Waals surface area contributed by atoms with Crippen LogP contribution in [0, 0.1) is 34.6 Å². The van der Waals surface area contributed by atoms with Crippen molar-refractivity contribution in [1.29, 1.82) is 0 Å². The van der Waals surface area contributed by atoms with E-state index in [2.05, 4.69) is 210 Å². The normalized spacial score (nSPS) is 17.9. The highest BCUT2D eigenvalue weighted by Crippen LogP contribution is 2.55. The second-order valence-corrected chi connectivity index (χ2v) is 35.5. The molecule has 20 aromatic rings. The van der Waals surface area contributed by atoms with Gasteiger partial charge in [-0.15, -0.1) is 0 Å². The summed E-state index contributed by atoms with van der Waals surface area (Å²) < 4.78 is 90.1. The average Bonchev–Trinajstić information content (AvgIpc) is 1.59. The summed E-state index contributed by atoms with van der Waals surface area (Å²) in [5.41, 5.74) is 20.8. The number of para-hydroxylation sites is 5. The Morgan fingerprint density at radius 2 is 0.466 bits per heavy atom. The van der Waals surface area contributed by atoms with E-state index in [-0.39, 0.29) is 24.7 Å². The lowest BCUT2D eigenvalue weighted by molar-refractivity contribution is 0.598. The molecular weight excluding hydrogens is 1650 g/mol. The van der Waals surface area contributed by atoms with Gasteiger partial charge in [0.05, 0.1) is 45.3 Å². The van der Waals surface area contributed by atoms with Crippen molar-refractivity contribution < 1.29 is 31.7 Å². The van der Waals surface area contributed by atoms with Crippen LogP contribution in [0.1, 0.15) is 127 Å². The molecule has 10 aromatic heterocycles. The number of anilines is 15. The van der Waals surface area contributed by atoms with Crippen LogP contribution in [0.15, 0.2) is 278 Å². The smallest absolute Gasteiger partial charge is 0.178 e. The zero-order valence-corrected chi connectivity index (χ0v) is 77.7. The number of aryl methyl sites for hydroxylation is 5. The summed E-state index contributed by atoms with van der Waals surface area (Å²) in [4.78, 5) is 56.6. The van der Waals surface area contributed by atoms with Crippen LogP contribution in [0.3, 0.4) is 0 Å². The summed E-state index contributed by atoms with van der Waals surface area (Å²) >= 11 is 0. The number of furan rings is 5. The molecule has 0 aliphatic carbocycles. The van der Waals surface area contributed by atoms with Gasteiger partial charge in [-0.3, -0.25) is 14.7 Å². The molecule has 0 N–H and O–H groups in total. The molecule has 0 radical (unpaired) electrons. The number of benzene rings is 10. The zero-order valence-electron chi connectivity index (χ0n) is 84.7. The van der Waals surface area contributed by atoms with Crippen LogP contribution in [0.2, 0.25) is 0 Å². The Morgan fingerprint density at radius 3 is 0.744 bits per heavy atom. The molecule has 0 unspecified atom stereocenters. The van der Waals surface area contributed by atoms with Crippen molar-refractivity contribution in [1.82, 2.24) is 39.9 Å². The minimum absolute atomic E-state index is 0.0603. The van der Waals surface area contributed by atoms with Crippen LogP contribution in [0.4, 0.5) is 86.4 Å². The summed E-state index contributed by atoms with van der Waals surface area (Å²) in [7, 11) is 0.